The Morgan fingerprint density at radius 2 is 1.25 bits per heavy atom. The van der Waals surface area contributed by atoms with Crippen LogP contribution in [0.3, 0.4) is 0 Å². The summed E-state index contributed by atoms with van der Waals surface area (Å²) in [4.78, 5) is 14.8. The SMILES string of the molecule is CCCCNC(=O)N(CC(CC)CCCC)CC(CC)CCCC.O=S(=O)(O)C(F)(F)F. The minimum atomic E-state index is -5.84. The molecule has 0 aliphatic carbocycles. The molecule has 2 unspecified atom stereocenters. The van der Waals surface area contributed by atoms with Crippen LogP contribution < -0.4 is 5.32 Å². The van der Waals surface area contributed by atoms with Crippen LogP contribution in [0.2, 0.25) is 0 Å². The molecule has 0 spiro atoms. The first kappa shape index (κ1) is 33.1. The third kappa shape index (κ3) is 16.6. The topological polar surface area (TPSA) is 86.7 Å². The molecule has 0 bridgehead atoms. The lowest BCUT2D eigenvalue weighted by atomic mass is 9.96. The fraction of sp³-hybridized carbons (Fsp3) is 0.955. The number of hydrogen-bond donors (Lipinski definition) is 2. The Labute approximate surface area is 193 Å². The predicted octanol–water partition coefficient (Wildman–Crippen LogP) is 6.62. The molecule has 6 nitrogen and oxygen atoms in total. The molecule has 0 radical (unpaired) electrons. The first-order chi connectivity index (χ1) is 14.9. The van der Waals surface area contributed by atoms with Gasteiger partial charge in [0.1, 0.15) is 0 Å². The second kappa shape index (κ2) is 18.4. The van der Waals surface area contributed by atoms with Gasteiger partial charge in [0, 0.05) is 19.6 Å². The van der Waals surface area contributed by atoms with Gasteiger partial charge in [-0.25, -0.2) is 4.79 Å². The van der Waals surface area contributed by atoms with E-state index in [0.717, 1.165) is 32.5 Å². The lowest BCUT2D eigenvalue weighted by molar-refractivity contribution is -0.0510. The van der Waals surface area contributed by atoms with Crippen molar-refractivity contribution < 1.29 is 30.9 Å². The minimum Gasteiger partial charge on any atom is -0.338 e. The van der Waals surface area contributed by atoms with E-state index in [2.05, 4.69) is 44.8 Å². The lowest BCUT2D eigenvalue weighted by Gasteiger charge is -2.31. The van der Waals surface area contributed by atoms with Gasteiger partial charge in [0.2, 0.25) is 0 Å². The standard InChI is InChI=1S/C21H44N2O.CHF3O3S/c1-6-11-14-19(9-4)17-23(21(24)22-16-13-8-3)18-20(10-5)15-12-7-2;2-1(3,4)8(5,6)7/h19-20H,6-18H2,1-5H3,(H,22,24);(H,5,6,7). The van der Waals surface area contributed by atoms with Crippen LogP contribution >= 0.6 is 0 Å². The maximum absolute atomic E-state index is 12.7. The van der Waals surface area contributed by atoms with Gasteiger partial charge in [-0.15, -0.1) is 0 Å². The molecule has 32 heavy (non-hydrogen) atoms. The average molecular weight is 491 g/mol. The molecule has 2 N–H and O–H groups in total. The molecule has 0 heterocycles. The van der Waals surface area contributed by atoms with Crippen molar-refractivity contribution in [2.24, 2.45) is 11.8 Å². The van der Waals surface area contributed by atoms with E-state index in [1.165, 1.54) is 51.4 Å². The van der Waals surface area contributed by atoms with Crippen LogP contribution in [0.25, 0.3) is 0 Å². The highest BCUT2D eigenvalue weighted by Gasteiger charge is 2.44. The van der Waals surface area contributed by atoms with E-state index in [9.17, 15) is 18.0 Å². The molecule has 0 aromatic heterocycles. The smallest absolute Gasteiger partial charge is 0.338 e. The van der Waals surface area contributed by atoms with Crippen molar-refractivity contribution in [3.63, 3.8) is 0 Å². The Morgan fingerprint density at radius 3 is 1.53 bits per heavy atom. The van der Waals surface area contributed by atoms with Crippen molar-refractivity contribution in [1.82, 2.24) is 10.2 Å². The van der Waals surface area contributed by atoms with Crippen LogP contribution in [0.1, 0.15) is 98.8 Å². The maximum Gasteiger partial charge on any atom is 0.522 e. The van der Waals surface area contributed by atoms with Crippen molar-refractivity contribution in [1.29, 1.82) is 0 Å². The number of carbonyl (C=O) groups excluding carboxylic acids is 1. The second-order valence-electron chi connectivity index (χ2n) is 8.24. The number of alkyl halides is 3. The summed E-state index contributed by atoms with van der Waals surface area (Å²) >= 11 is 0. The number of halogens is 3. The van der Waals surface area contributed by atoms with Gasteiger partial charge in [-0.05, 0) is 31.1 Å². The van der Waals surface area contributed by atoms with Crippen LogP contribution in [0.4, 0.5) is 18.0 Å². The van der Waals surface area contributed by atoms with E-state index in [1.54, 1.807) is 0 Å². The van der Waals surface area contributed by atoms with E-state index >= 15 is 0 Å². The van der Waals surface area contributed by atoms with Crippen LogP contribution in [0.15, 0.2) is 0 Å². The molecule has 10 heteroatoms. The zero-order chi connectivity index (χ0) is 25.2. The summed E-state index contributed by atoms with van der Waals surface area (Å²) in [5, 5.41) is 3.14. The van der Waals surface area contributed by atoms with Gasteiger partial charge in [-0.3, -0.25) is 4.55 Å². The van der Waals surface area contributed by atoms with Gasteiger partial charge >= 0.3 is 21.7 Å². The Kier molecular flexibility index (Phi) is 19.1. The molecule has 0 aromatic carbocycles. The van der Waals surface area contributed by atoms with Crippen molar-refractivity contribution in [2.75, 3.05) is 19.6 Å². The fourth-order valence-corrected chi connectivity index (χ4v) is 3.18. The number of hydrogen-bond acceptors (Lipinski definition) is 3. The first-order valence-electron chi connectivity index (χ1n) is 11.9. The Hall–Kier alpha value is -1.03. The number of rotatable bonds is 15. The van der Waals surface area contributed by atoms with Gasteiger partial charge in [0.15, 0.2) is 0 Å². The summed E-state index contributed by atoms with van der Waals surface area (Å²) < 4.78 is 57.5. The number of amides is 2. The monoisotopic (exact) mass is 490 g/mol. The second-order valence-corrected chi connectivity index (χ2v) is 9.66. The van der Waals surface area contributed by atoms with Crippen molar-refractivity contribution >= 4 is 16.1 Å². The molecular weight excluding hydrogens is 445 g/mol. The number of nitrogens with zero attached hydrogens (tertiary/aromatic N) is 1. The molecule has 0 saturated heterocycles. The van der Waals surface area contributed by atoms with Gasteiger partial charge in [-0.2, -0.15) is 21.6 Å². The summed E-state index contributed by atoms with van der Waals surface area (Å²) in [6.07, 6.45) is 12.1. The highest BCUT2D eigenvalue weighted by molar-refractivity contribution is 7.86. The van der Waals surface area contributed by atoms with E-state index in [-0.39, 0.29) is 6.03 Å². The molecule has 0 aliphatic heterocycles. The first-order valence-corrected chi connectivity index (χ1v) is 13.4. The number of urea groups is 1. The summed E-state index contributed by atoms with van der Waals surface area (Å²) in [6.45, 7) is 13.9. The lowest BCUT2D eigenvalue weighted by Crippen LogP contribution is -2.45. The van der Waals surface area contributed by atoms with Crippen LogP contribution in [0, 0.1) is 11.8 Å². The molecule has 0 rings (SSSR count). The predicted molar refractivity (Wildman–Crippen MR) is 124 cm³/mol. The highest BCUT2D eigenvalue weighted by Crippen LogP contribution is 2.21. The van der Waals surface area contributed by atoms with Crippen LogP contribution in [0.5, 0.6) is 0 Å². The minimum absolute atomic E-state index is 0.161. The van der Waals surface area contributed by atoms with Crippen molar-refractivity contribution in [2.45, 2.75) is 104 Å². The van der Waals surface area contributed by atoms with E-state index in [1.807, 2.05) is 0 Å². The van der Waals surface area contributed by atoms with Gasteiger partial charge < -0.3 is 10.2 Å². The summed E-state index contributed by atoms with van der Waals surface area (Å²) in [5.41, 5.74) is -5.53. The molecule has 2 amide bonds. The van der Waals surface area contributed by atoms with Crippen molar-refractivity contribution in [3.05, 3.63) is 0 Å². The third-order valence-electron chi connectivity index (χ3n) is 5.43. The molecular formula is C22H45F3N2O4S. The van der Waals surface area contributed by atoms with Crippen LogP contribution in [-0.2, 0) is 10.1 Å². The summed E-state index contributed by atoms with van der Waals surface area (Å²) in [6, 6.07) is 0.161. The molecule has 0 aliphatic rings. The Bertz CT molecular complexity index is 554. The molecule has 2 atom stereocenters. The number of nitrogens with one attached hydrogen (secondary N) is 1. The Balaban J connectivity index is 0. The summed E-state index contributed by atoms with van der Waals surface area (Å²) in [7, 11) is -5.84. The van der Waals surface area contributed by atoms with Gasteiger partial charge in [0.25, 0.3) is 0 Å². The van der Waals surface area contributed by atoms with Gasteiger partial charge in [0.05, 0.1) is 0 Å². The quantitative estimate of drug-likeness (QED) is 0.153. The maximum atomic E-state index is 12.7. The third-order valence-corrected chi connectivity index (χ3v) is 6.01. The molecule has 0 fully saturated rings. The van der Waals surface area contributed by atoms with Crippen LogP contribution in [-0.4, -0.2) is 49.0 Å². The van der Waals surface area contributed by atoms with E-state index in [4.69, 9.17) is 13.0 Å². The Morgan fingerprint density at radius 1 is 0.875 bits per heavy atom. The molecule has 0 saturated carbocycles. The normalized spacial score (nSPS) is 13.7. The largest absolute Gasteiger partial charge is 0.522 e. The molecule has 0 aromatic rings. The van der Waals surface area contributed by atoms with Gasteiger partial charge in [-0.1, -0.05) is 79.6 Å². The zero-order valence-electron chi connectivity index (χ0n) is 20.5. The average Bonchev–Trinajstić information content (AvgIpc) is 2.71. The summed E-state index contributed by atoms with van der Waals surface area (Å²) in [5.74, 6) is 1.29. The number of carbonyl (C=O) groups is 1. The van der Waals surface area contributed by atoms with Crippen molar-refractivity contribution in [3.8, 4) is 0 Å². The highest BCUT2D eigenvalue weighted by atomic mass is 32.2. The van der Waals surface area contributed by atoms with E-state index < -0.39 is 15.6 Å². The van der Waals surface area contributed by atoms with E-state index in [0.29, 0.717) is 11.8 Å². The zero-order valence-corrected chi connectivity index (χ0v) is 21.3. The fourth-order valence-electron chi connectivity index (χ4n) is 3.18. The number of unbranched alkanes of at least 4 members (excludes halogenated alkanes) is 3. The molecule has 194 valence electrons.